The molecule has 4 rings (SSSR count). The van der Waals surface area contributed by atoms with Crippen LogP contribution in [0.1, 0.15) is 62.5 Å². The molecule has 0 bridgehead atoms. The summed E-state index contributed by atoms with van der Waals surface area (Å²) in [5.74, 6) is 9.37. The van der Waals surface area contributed by atoms with Crippen LogP contribution in [0.15, 0.2) is 42.5 Å². The Morgan fingerprint density at radius 1 is 1.03 bits per heavy atom. The predicted molar refractivity (Wildman–Crippen MR) is 127 cm³/mol. The fraction of sp³-hybridized carbons (Fsp3) is 0.464. The molecule has 0 aromatic heterocycles. The van der Waals surface area contributed by atoms with Crippen molar-refractivity contribution < 1.29 is 24.1 Å². The number of aliphatic hydroxyl groups is 1. The van der Waals surface area contributed by atoms with Crippen molar-refractivity contribution in [2.45, 2.75) is 62.9 Å². The van der Waals surface area contributed by atoms with E-state index in [9.17, 15) is 4.79 Å². The van der Waals surface area contributed by atoms with Gasteiger partial charge in [0.25, 0.3) is 0 Å². The largest absolute Gasteiger partial charge is 0.493 e. The van der Waals surface area contributed by atoms with Crippen molar-refractivity contribution in [3.63, 3.8) is 0 Å². The Morgan fingerprint density at radius 2 is 1.76 bits per heavy atom. The molecule has 2 fully saturated rings. The van der Waals surface area contributed by atoms with Crippen molar-refractivity contribution in [3.8, 4) is 29.1 Å². The maximum atomic E-state index is 12.1. The number of carbonyl (C=O) groups excluding carboxylic acids is 1. The summed E-state index contributed by atoms with van der Waals surface area (Å²) in [5, 5.41) is 8.91. The minimum Gasteiger partial charge on any atom is -0.493 e. The topological polar surface area (TPSA) is 65.0 Å². The van der Waals surface area contributed by atoms with Gasteiger partial charge in [0.2, 0.25) is 0 Å². The van der Waals surface area contributed by atoms with E-state index >= 15 is 0 Å². The molecule has 0 unspecified atom stereocenters. The smallest absolute Gasteiger partial charge is 0.161 e. The first-order valence-electron chi connectivity index (χ1n) is 11.9. The van der Waals surface area contributed by atoms with Crippen LogP contribution < -0.4 is 14.2 Å². The summed E-state index contributed by atoms with van der Waals surface area (Å²) in [6.07, 6.45) is 7.26. The number of carbonyl (C=O) groups is 1. The predicted octanol–water partition coefficient (Wildman–Crippen LogP) is 4.82. The molecule has 0 saturated heterocycles. The number of methoxy groups -OCH3 is 1. The summed E-state index contributed by atoms with van der Waals surface area (Å²) in [7, 11) is 1.67. The van der Waals surface area contributed by atoms with Crippen molar-refractivity contribution in [2.75, 3.05) is 20.3 Å². The van der Waals surface area contributed by atoms with E-state index in [2.05, 4.69) is 24.0 Å². The van der Waals surface area contributed by atoms with Crippen LogP contribution in [0.3, 0.4) is 0 Å². The molecule has 0 amide bonds. The molecule has 5 nitrogen and oxygen atoms in total. The number of hydrogen-bond donors (Lipinski definition) is 1. The first kappa shape index (κ1) is 23.2. The third-order valence-electron chi connectivity index (χ3n) is 6.63. The number of aliphatic hydroxyl groups excluding tert-OH is 1. The molecule has 2 aliphatic rings. The van der Waals surface area contributed by atoms with Gasteiger partial charge in [-0.05, 0) is 80.5 Å². The van der Waals surface area contributed by atoms with Crippen LogP contribution in [0.5, 0.6) is 17.2 Å². The van der Waals surface area contributed by atoms with Gasteiger partial charge in [-0.3, -0.25) is 4.79 Å². The molecular formula is C28H32O5. The number of Topliss-reactive ketones (excluding diaryl/α,β-unsaturated/α-hetero) is 1. The Morgan fingerprint density at radius 3 is 2.42 bits per heavy atom. The van der Waals surface area contributed by atoms with Gasteiger partial charge in [-0.1, -0.05) is 17.9 Å². The van der Waals surface area contributed by atoms with Gasteiger partial charge in [0.15, 0.2) is 11.5 Å². The Balaban J connectivity index is 1.63. The van der Waals surface area contributed by atoms with Crippen LogP contribution in [0, 0.1) is 11.8 Å². The van der Waals surface area contributed by atoms with Crippen molar-refractivity contribution in [2.24, 2.45) is 0 Å². The molecule has 2 aromatic rings. The average Bonchev–Trinajstić information content (AvgIpc) is 3.36. The number of rotatable bonds is 7. The standard InChI is InChI=1S/C28H32O5/c1-31-26-11-8-22(20-27(26)33-25-4-2-3-5-25)28(16-13-23(30)14-17-28)15-12-21-6-9-24(10-7-21)32-19-18-29/h6-11,20,25,29H,2-5,13-14,16-19H2,1H3. The van der Waals surface area contributed by atoms with Gasteiger partial charge in [0, 0.05) is 18.4 Å². The zero-order valence-corrected chi connectivity index (χ0v) is 19.3. The highest BCUT2D eigenvalue weighted by molar-refractivity contribution is 5.80. The van der Waals surface area contributed by atoms with E-state index in [0.717, 1.165) is 35.5 Å². The van der Waals surface area contributed by atoms with E-state index < -0.39 is 5.41 Å². The SMILES string of the molecule is COc1ccc(C2(C#Cc3ccc(OCCO)cc3)CCC(=O)CC2)cc1OC1CCCC1. The fourth-order valence-electron chi connectivity index (χ4n) is 4.68. The minimum atomic E-state index is -0.403. The van der Waals surface area contributed by atoms with Gasteiger partial charge in [0.05, 0.1) is 25.2 Å². The minimum absolute atomic E-state index is 0.0168. The molecular weight excluding hydrogens is 416 g/mol. The van der Waals surface area contributed by atoms with Crippen LogP contribution in [-0.2, 0) is 10.2 Å². The van der Waals surface area contributed by atoms with E-state index in [1.165, 1.54) is 12.8 Å². The molecule has 2 aliphatic carbocycles. The quantitative estimate of drug-likeness (QED) is 0.615. The lowest BCUT2D eigenvalue weighted by atomic mass is 9.69. The fourth-order valence-corrected chi connectivity index (χ4v) is 4.68. The summed E-state index contributed by atoms with van der Waals surface area (Å²) in [6, 6.07) is 13.7. The summed E-state index contributed by atoms with van der Waals surface area (Å²) in [5.41, 5.74) is 1.57. The number of benzene rings is 2. The highest BCUT2D eigenvalue weighted by Gasteiger charge is 2.36. The van der Waals surface area contributed by atoms with Gasteiger partial charge < -0.3 is 19.3 Å². The lowest BCUT2D eigenvalue weighted by Gasteiger charge is -2.33. The third kappa shape index (κ3) is 5.69. The van der Waals surface area contributed by atoms with Gasteiger partial charge in [0.1, 0.15) is 18.1 Å². The Bertz CT molecular complexity index is 999. The van der Waals surface area contributed by atoms with Gasteiger partial charge in [-0.25, -0.2) is 0 Å². The second-order valence-electron chi connectivity index (χ2n) is 8.86. The molecule has 2 saturated carbocycles. The van der Waals surface area contributed by atoms with Crippen molar-refractivity contribution in [3.05, 3.63) is 53.6 Å². The molecule has 0 spiro atoms. The molecule has 0 atom stereocenters. The Labute approximate surface area is 196 Å². The summed E-state index contributed by atoms with van der Waals surface area (Å²) in [4.78, 5) is 12.1. The number of ether oxygens (including phenoxy) is 3. The molecule has 0 aliphatic heterocycles. The van der Waals surface area contributed by atoms with Crippen LogP contribution >= 0.6 is 0 Å². The van der Waals surface area contributed by atoms with Gasteiger partial charge in [-0.15, -0.1) is 0 Å². The number of hydrogen-bond acceptors (Lipinski definition) is 5. The molecule has 0 heterocycles. The van der Waals surface area contributed by atoms with Gasteiger partial charge >= 0.3 is 0 Å². The first-order chi connectivity index (χ1) is 16.1. The monoisotopic (exact) mass is 448 g/mol. The highest BCUT2D eigenvalue weighted by atomic mass is 16.5. The molecule has 2 aromatic carbocycles. The summed E-state index contributed by atoms with van der Waals surface area (Å²) in [6.45, 7) is 0.252. The average molecular weight is 449 g/mol. The van der Waals surface area contributed by atoms with Gasteiger partial charge in [-0.2, -0.15) is 0 Å². The lowest BCUT2D eigenvalue weighted by Crippen LogP contribution is -2.30. The van der Waals surface area contributed by atoms with Crippen LogP contribution in [0.25, 0.3) is 0 Å². The normalized spacial score (nSPS) is 17.8. The molecule has 174 valence electrons. The van der Waals surface area contributed by atoms with Crippen molar-refractivity contribution >= 4 is 5.78 Å². The molecule has 1 N–H and O–H groups in total. The Kier molecular flexibility index (Phi) is 7.57. The van der Waals surface area contributed by atoms with Crippen LogP contribution in [-0.4, -0.2) is 37.3 Å². The lowest BCUT2D eigenvalue weighted by molar-refractivity contribution is -0.120. The van der Waals surface area contributed by atoms with Crippen molar-refractivity contribution in [1.82, 2.24) is 0 Å². The Hall–Kier alpha value is -2.97. The van der Waals surface area contributed by atoms with Crippen LogP contribution in [0.4, 0.5) is 0 Å². The van der Waals surface area contributed by atoms with Crippen molar-refractivity contribution in [1.29, 1.82) is 0 Å². The zero-order valence-electron chi connectivity index (χ0n) is 19.3. The van der Waals surface area contributed by atoms with E-state index in [4.69, 9.17) is 19.3 Å². The molecule has 33 heavy (non-hydrogen) atoms. The van der Waals surface area contributed by atoms with E-state index in [1.807, 2.05) is 30.3 Å². The maximum absolute atomic E-state index is 12.1. The second kappa shape index (κ2) is 10.8. The van der Waals surface area contributed by atoms with Crippen LogP contribution in [0.2, 0.25) is 0 Å². The second-order valence-corrected chi connectivity index (χ2v) is 8.86. The van der Waals surface area contributed by atoms with E-state index in [-0.39, 0.29) is 19.3 Å². The summed E-state index contributed by atoms with van der Waals surface area (Å²) >= 11 is 0. The zero-order chi connectivity index (χ0) is 23.1. The van der Waals surface area contributed by atoms with E-state index in [1.54, 1.807) is 7.11 Å². The maximum Gasteiger partial charge on any atom is 0.161 e. The summed E-state index contributed by atoms with van der Waals surface area (Å²) < 4.78 is 17.3. The highest BCUT2D eigenvalue weighted by Crippen LogP contribution is 2.42. The first-order valence-corrected chi connectivity index (χ1v) is 11.9. The van der Waals surface area contributed by atoms with E-state index in [0.29, 0.717) is 37.2 Å². The number of ketones is 1. The molecule has 5 heteroatoms. The third-order valence-corrected chi connectivity index (χ3v) is 6.63. The molecule has 0 radical (unpaired) electrons.